The van der Waals surface area contributed by atoms with Gasteiger partial charge in [-0.1, -0.05) is 297 Å². The van der Waals surface area contributed by atoms with Crippen LogP contribution in [0.15, 0.2) is 97.2 Å². The lowest BCUT2D eigenvalue weighted by Gasteiger charge is -2.19. The summed E-state index contributed by atoms with van der Waals surface area (Å²) in [6.45, 7) is 3.65. The minimum absolute atomic E-state index is 0.0490. The van der Waals surface area contributed by atoms with E-state index < -0.39 is 26.5 Å². The van der Waals surface area contributed by atoms with Crippen LogP contribution in [0.3, 0.4) is 0 Å². The van der Waals surface area contributed by atoms with Crippen LogP contribution < -0.4 is 5.73 Å². The van der Waals surface area contributed by atoms with Gasteiger partial charge in [0, 0.05) is 19.4 Å². The normalized spacial score (nSPS) is 13.6. The van der Waals surface area contributed by atoms with Crippen molar-refractivity contribution >= 4 is 19.8 Å². The summed E-state index contributed by atoms with van der Waals surface area (Å²) in [7, 11) is -4.40. The second-order valence-corrected chi connectivity index (χ2v) is 22.7. The molecule has 0 rings (SSSR count). The first-order valence-electron chi connectivity index (χ1n) is 32.2. The molecule has 3 N–H and O–H groups in total. The van der Waals surface area contributed by atoms with Gasteiger partial charge in [0.2, 0.25) is 0 Å². The highest BCUT2D eigenvalue weighted by molar-refractivity contribution is 7.47. The molecule has 450 valence electrons. The third kappa shape index (κ3) is 62.1. The highest BCUT2D eigenvalue weighted by atomic mass is 31.2. The van der Waals surface area contributed by atoms with E-state index in [9.17, 15) is 19.0 Å². The molecule has 0 aliphatic heterocycles. The molecule has 0 fully saturated rings. The number of hydrogen-bond donors (Lipinski definition) is 2. The molecular weight excluding hydrogens is 990 g/mol. The highest BCUT2D eigenvalue weighted by Crippen LogP contribution is 2.43. The SMILES string of the molecule is CC/C=C\C/C=C\C/C=C\C/C=C\C/C=C\C/C=C\C/C=C\C/C=C\CCCCCCCCCCC(=O)OC(COC(=O)CCCCCCCCCCCCCCCCCCCCCCCCCC)COP(=O)(O)OCCN. The topological polar surface area (TPSA) is 134 Å². The predicted molar refractivity (Wildman–Crippen MR) is 335 cm³/mol. The zero-order valence-electron chi connectivity index (χ0n) is 50.4. The Morgan fingerprint density at radius 3 is 1.05 bits per heavy atom. The molecule has 0 aromatic rings. The molecule has 0 bridgehead atoms. The van der Waals surface area contributed by atoms with Crippen molar-refractivity contribution in [2.24, 2.45) is 5.73 Å². The maximum absolute atomic E-state index is 12.7. The Labute approximate surface area is 480 Å². The number of nitrogens with two attached hydrogens (primary N) is 1. The molecule has 0 spiro atoms. The van der Waals surface area contributed by atoms with Gasteiger partial charge in [0.25, 0.3) is 0 Å². The molecule has 10 heteroatoms. The Balaban J connectivity index is 3.97. The Morgan fingerprint density at radius 2 is 0.705 bits per heavy atom. The number of unbranched alkanes of at least 4 members (excludes halogenated alkanes) is 31. The monoisotopic (exact) mass is 1110 g/mol. The van der Waals surface area contributed by atoms with Gasteiger partial charge in [0.15, 0.2) is 6.10 Å². The molecule has 2 atom stereocenters. The number of esters is 2. The van der Waals surface area contributed by atoms with Crippen LogP contribution in [0.25, 0.3) is 0 Å². The van der Waals surface area contributed by atoms with Crippen LogP contribution in [-0.4, -0.2) is 49.3 Å². The van der Waals surface area contributed by atoms with Gasteiger partial charge < -0.3 is 20.1 Å². The van der Waals surface area contributed by atoms with Gasteiger partial charge in [-0.05, 0) is 77.0 Å². The van der Waals surface area contributed by atoms with Gasteiger partial charge in [-0.25, -0.2) is 4.57 Å². The van der Waals surface area contributed by atoms with Crippen molar-refractivity contribution in [2.75, 3.05) is 26.4 Å². The zero-order chi connectivity index (χ0) is 56.6. The van der Waals surface area contributed by atoms with Crippen molar-refractivity contribution in [2.45, 2.75) is 296 Å². The maximum atomic E-state index is 12.7. The van der Waals surface area contributed by atoms with Gasteiger partial charge in [0.05, 0.1) is 13.2 Å². The lowest BCUT2D eigenvalue weighted by Crippen LogP contribution is -2.29. The quantitative estimate of drug-likeness (QED) is 0.0264. The fourth-order valence-corrected chi connectivity index (χ4v) is 9.77. The van der Waals surface area contributed by atoms with Gasteiger partial charge in [-0.2, -0.15) is 0 Å². The number of hydrogen-bond acceptors (Lipinski definition) is 8. The van der Waals surface area contributed by atoms with Crippen LogP contribution in [0.5, 0.6) is 0 Å². The molecule has 0 heterocycles. The summed E-state index contributed by atoms with van der Waals surface area (Å²) in [6, 6.07) is 0. The number of phosphoric ester groups is 1. The van der Waals surface area contributed by atoms with Gasteiger partial charge >= 0.3 is 19.8 Å². The van der Waals surface area contributed by atoms with E-state index in [1.807, 2.05) is 0 Å². The smallest absolute Gasteiger partial charge is 0.462 e. The summed E-state index contributed by atoms with van der Waals surface area (Å²) >= 11 is 0. The number of phosphoric acid groups is 1. The minimum atomic E-state index is -4.40. The summed E-state index contributed by atoms with van der Waals surface area (Å²) in [5.74, 6) is -0.830. The van der Waals surface area contributed by atoms with Crippen LogP contribution in [0.4, 0.5) is 0 Å². The van der Waals surface area contributed by atoms with E-state index in [1.165, 1.54) is 161 Å². The molecule has 0 radical (unpaired) electrons. The van der Waals surface area contributed by atoms with Crippen molar-refractivity contribution in [3.63, 3.8) is 0 Å². The van der Waals surface area contributed by atoms with Gasteiger partial charge in [-0.15, -0.1) is 0 Å². The van der Waals surface area contributed by atoms with E-state index in [1.54, 1.807) is 0 Å². The molecule has 0 saturated carbocycles. The van der Waals surface area contributed by atoms with E-state index in [0.717, 1.165) is 96.3 Å². The van der Waals surface area contributed by atoms with Crippen molar-refractivity contribution in [3.8, 4) is 0 Å². The predicted octanol–water partition coefficient (Wildman–Crippen LogP) is 20.8. The van der Waals surface area contributed by atoms with Crippen molar-refractivity contribution < 1.29 is 37.6 Å². The average molecular weight is 1110 g/mol. The zero-order valence-corrected chi connectivity index (χ0v) is 51.3. The fourth-order valence-electron chi connectivity index (χ4n) is 9.01. The molecule has 9 nitrogen and oxygen atoms in total. The lowest BCUT2D eigenvalue weighted by atomic mass is 10.0. The average Bonchev–Trinajstić information content (AvgIpc) is 3.43. The third-order valence-corrected chi connectivity index (χ3v) is 14.7. The summed E-state index contributed by atoms with van der Waals surface area (Å²) < 4.78 is 33.1. The molecule has 0 aromatic carbocycles. The largest absolute Gasteiger partial charge is 0.472 e. The summed E-state index contributed by atoms with van der Waals surface area (Å²) in [5.41, 5.74) is 5.39. The van der Waals surface area contributed by atoms with Gasteiger partial charge in [0.1, 0.15) is 6.61 Å². The number of rotatable bonds is 60. The second-order valence-electron chi connectivity index (χ2n) is 21.3. The number of ether oxygens (including phenoxy) is 2. The molecule has 0 saturated heterocycles. The molecule has 2 unspecified atom stereocenters. The Morgan fingerprint density at radius 1 is 0.397 bits per heavy atom. The summed E-state index contributed by atoms with van der Waals surface area (Å²) in [5, 5.41) is 0. The lowest BCUT2D eigenvalue weighted by molar-refractivity contribution is -0.161. The molecular formula is C68H120NO8P. The molecule has 0 aliphatic rings. The standard InChI is InChI=1S/C68H120NO8P/c1-3-5-7-9-11-13-15-17-19-21-23-25-27-29-30-31-32-33-34-35-36-37-39-41-43-45-47-49-51-53-55-57-59-61-68(71)77-66(65-76-78(72,73)75-63-62-69)64-74-67(70)60-58-56-54-52-50-48-46-44-42-40-38-28-26-24-22-20-18-16-14-12-10-8-6-4-2/h5,7,11,13,17,19,23,25,29-30,32-33,35-36,39,41,66H,3-4,6,8-10,12,14-16,18,20-22,24,26-28,31,34,37-38,40,42-65,69H2,1-2H3,(H,72,73)/b7-5-,13-11-,19-17-,25-23-,30-29-,33-32-,36-35-,41-39-. The maximum Gasteiger partial charge on any atom is 0.472 e. The molecule has 78 heavy (non-hydrogen) atoms. The van der Waals surface area contributed by atoms with Crippen molar-refractivity contribution in [3.05, 3.63) is 97.2 Å². The van der Waals surface area contributed by atoms with Crippen LogP contribution in [0.1, 0.15) is 290 Å². The number of carbonyl (C=O) groups is 2. The van der Waals surface area contributed by atoms with Crippen molar-refractivity contribution in [1.29, 1.82) is 0 Å². The van der Waals surface area contributed by atoms with E-state index in [-0.39, 0.29) is 38.6 Å². The first-order valence-corrected chi connectivity index (χ1v) is 33.7. The van der Waals surface area contributed by atoms with Crippen LogP contribution in [-0.2, 0) is 32.7 Å². The number of allylic oxidation sites excluding steroid dienone is 16. The van der Waals surface area contributed by atoms with Crippen LogP contribution in [0, 0.1) is 0 Å². The number of carbonyl (C=O) groups excluding carboxylic acids is 2. The molecule has 0 amide bonds. The fraction of sp³-hybridized carbons (Fsp3) is 0.735. The Bertz CT molecular complexity index is 1600. The second kappa shape index (κ2) is 63.1. The van der Waals surface area contributed by atoms with Crippen LogP contribution >= 0.6 is 7.82 Å². The van der Waals surface area contributed by atoms with E-state index in [4.69, 9.17) is 24.3 Å². The highest BCUT2D eigenvalue weighted by Gasteiger charge is 2.26. The van der Waals surface area contributed by atoms with E-state index in [0.29, 0.717) is 6.42 Å². The minimum Gasteiger partial charge on any atom is -0.462 e. The Hall–Kier alpha value is -3.07. The van der Waals surface area contributed by atoms with Gasteiger partial charge in [-0.3, -0.25) is 18.6 Å². The van der Waals surface area contributed by atoms with Crippen molar-refractivity contribution in [1.82, 2.24) is 0 Å². The summed E-state index contributed by atoms with van der Waals surface area (Å²) in [4.78, 5) is 35.3. The first-order chi connectivity index (χ1) is 38.3. The van der Waals surface area contributed by atoms with Crippen LogP contribution in [0.2, 0.25) is 0 Å². The molecule has 0 aliphatic carbocycles. The third-order valence-electron chi connectivity index (χ3n) is 13.7. The first kappa shape index (κ1) is 74.9. The van der Waals surface area contributed by atoms with E-state index in [2.05, 4.69) is 111 Å². The Kier molecular flexibility index (Phi) is 60.6. The van der Waals surface area contributed by atoms with E-state index >= 15 is 0 Å². The molecule has 0 aromatic heterocycles. The summed E-state index contributed by atoms with van der Waals surface area (Å²) in [6.07, 6.45) is 84.8.